The summed E-state index contributed by atoms with van der Waals surface area (Å²) in [4.78, 5) is 14.3. The number of amides is 1. The van der Waals surface area contributed by atoms with E-state index < -0.39 is 0 Å². The monoisotopic (exact) mass is 310 g/mol. The lowest BCUT2D eigenvalue weighted by Crippen LogP contribution is -2.43. The topological polar surface area (TPSA) is 41.6 Å². The number of carbonyl (C=O) groups excluding carboxylic acids is 1. The van der Waals surface area contributed by atoms with Crippen molar-refractivity contribution in [1.82, 2.24) is 10.2 Å². The molecule has 1 saturated heterocycles. The standard InChI is InChI=1S/C16H23ClN2O2/c1-12(14-5-3-4-6-15(14)17)18-16(20)11-19-9-7-13(21-2)8-10-19/h3-6,12-13H,7-11H2,1-2H3,(H,18,20). The molecule has 1 amide bonds. The van der Waals surface area contributed by atoms with E-state index >= 15 is 0 Å². The fourth-order valence-corrected chi connectivity index (χ4v) is 3.00. The maximum atomic E-state index is 12.1. The van der Waals surface area contributed by atoms with Crippen LogP contribution in [0.2, 0.25) is 5.02 Å². The number of hydrogen-bond donors (Lipinski definition) is 1. The predicted molar refractivity (Wildman–Crippen MR) is 84.5 cm³/mol. The lowest BCUT2D eigenvalue weighted by Gasteiger charge is -2.30. The van der Waals surface area contributed by atoms with Gasteiger partial charge in [0.15, 0.2) is 0 Å². The van der Waals surface area contributed by atoms with Gasteiger partial charge in [-0.05, 0) is 31.4 Å². The first-order valence-corrected chi connectivity index (χ1v) is 7.77. The Morgan fingerprint density at radius 3 is 2.71 bits per heavy atom. The van der Waals surface area contributed by atoms with Crippen molar-refractivity contribution in [2.45, 2.75) is 31.9 Å². The fraction of sp³-hybridized carbons (Fsp3) is 0.562. The molecule has 0 saturated carbocycles. The van der Waals surface area contributed by atoms with Crippen LogP contribution >= 0.6 is 11.6 Å². The van der Waals surface area contributed by atoms with Crippen LogP contribution < -0.4 is 5.32 Å². The summed E-state index contributed by atoms with van der Waals surface area (Å²) in [6.07, 6.45) is 2.32. The molecular formula is C16H23ClN2O2. The minimum atomic E-state index is -0.0808. The highest BCUT2D eigenvalue weighted by atomic mass is 35.5. The Morgan fingerprint density at radius 1 is 1.43 bits per heavy atom. The van der Waals surface area contributed by atoms with Gasteiger partial charge in [0, 0.05) is 25.2 Å². The minimum Gasteiger partial charge on any atom is -0.381 e. The van der Waals surface area contributed by atoms with Crippen molar-refractivity contribution in [3.63, 3.8) is 0 Å². The smallest absolute Gasteiger partial charge is 0.234 e. The summed E-state index contributed by atoms with van der Waals surface area (Å²) in [5.74, 6) is 0.0401. The Bertz CT molecular complexity index is 473. The van der Waals surface area contributed by atoms with Gasteiger partial charge in [0.1, 0.15) is 0 Å². The van der Waals surface area contributed by atoms with Gasteiger partial charge in [0.05, 0.1) is 18.7 Å². The number of piperidine rings is 1. The van der Waals surface area contributed by atoms with E-state index in [0.29, 0.717) is 17.7 Å². The third-order valence-electron chi connectivity index (χ3n) is 3.98. The molecule has 0 bridgehead atoms. The molecule has 21 heavy (non-hydrogen) atoms. The summed E-state index contributed by atoms with van der Waals surface area (Å²) < 4.78 is 5.34. The molecule has 2 rings (SSSR count). The normalized spacial score (nSPS) is 18.4. The second-order valence-electron chi connectivity index (χ2n) is 5.52. The van der Waals surface area contributed by atoms with Crippen LogP contribution in [0.1, 0.15) is 31.4 Å². The first-order chi connectivity index (χ1) is 10.1. The van der Waals surface area contributed by atoms with Crippen molar-refractivity contribution in [2.24, 2.45) is 0 Å². The maximum absolute atomic E-state index is 12.1. The molecular weight excluding hydrogens is 288 g/mol. The zero-order valence-electron chi connectivity index (χ0n) is 12.6. The molecule has 116 valence electrons. The van der Waals surface area contributed by atoms with Crippen LogP contribution in [-0.2, 0) is 9.53 Å². The first-order valence-electron chi connectivity index (χ1n) is 7.39. The second kappa shape index (κ2) is 7.78. The lowest BCUT2D eigenvalue weighted by molar-refractivity contribution is -0.123. The quantitative estimate of drug-likeness (QED) is 0.909. The molecule has 0 spiro atoms. The van der Waals surface area contributed by atoms with Crippen LogP contribution in [0, 0.1) is 0 Å². The highest BCUT2D eigenvalue weighted by Gasteiger charge is 2.21. The van der Waals surface area contributed by atoms with Crippen LogP contribution in [0.25, 0.3) is 0 Å². The lowest BCUT2D eigenvalue weighted by atomic mass is 10.1. The summed E-state index contributed by atoms with van der Waals surface area (Å²) in [5.41, 5.74) is 0.950. The molecule has 1 atom stereocenters. The van der Waals surface area contributed by atoms with Crippen molar-refractivity contribution in [1.29, 1.82) is 0 Å². The number of hydrogen-bond acceptors (Lipinski definition) is 3. The van der Waals surface area contributed by atoms with Gasteiger partial charge >= 0.3 is 0 Å². The number of halogens is 1. The van der Waals surface area contributed by atoms with Crippen molar-refractivity contribution in [2.75, 3.05) is 26.7 Å². The van der Waals surface area contributed by atoms with Gasteiger partial charge in [-0.3, -0.25) is 9.69 Å². The van der Waals surface area contributed by atoms with Crippen LogP contribution in [0.5, 0.6) is 0 Å². The average Bonchev–Trinajstić information content (AvgIpc) is 2.48. The summed E-state index contributed by atoms with van der Waals surface area (Å²) >= 11 is 6.15. The molecule has 0 aliphatic carbocycles. The van der Waals surface area contributed by atoms with Crippen LogP contribution in [-0.4, -0.2) is 43.7 Å². The predicted octanol–water partition coefficient (Wildman–Crippen LogP) is 2.63. The molecule has 1 N–H and O–H groups in total. The minimum absolute atomic E-state index is 0.0401. The Morgan fingerprint density at radius 2 is 2.10 bits per heavy atom. The third kappa shape index (κ3) is 4.70. The van der Waals surface area contributed by atoms with Crippen LogP contribution in [0.15, 0.2) is 24.3 Å². The van der Waals surface area contributed by atoms with Crippen LogP contribution in [0.4, 0.5) is 0 Å². The van der Waals surface area contributed by atoms with Gasteiger partial charge in [-0.1, -0.05) is 29.8 Å². The van der Waals surface area contributed by atoms with Gasteiger partial charge in [0.25, 0.3) is 0 Å². The van der Waals surface area contributed by atoms with Gasteiger partial charge in [0.2, 0.25) is 5.91 Å². The van der Waals surface area contributed by atoms with E-state index in [1.54, 1.807) is 7.11 Å². The number of rotatable bonds is 5. The molecule has 1 aromatic rings. The molecule has 1 heterocycles. The van der Waals surface area contributed by atoms with E-state index in [9.17, 15) is 4.79 Å². The number of likely N-dealkylation sites (tertiary alicyclic amines) is 1. The highest BCUT2D eigenvalue weighted by Crippen LogP contribution is 2.22. The van der Waals surface area contributed by atoms with Gasteiger partial charge in [-0.25, -0.2) is 0 Å². The fourth-order valence-electron chi connectivity index (χ4n) is 2.70. The summed E-state index contributed by atoms with van der Waals surface area (Å²) in [5, 5.41) is 3.70. The number of methoxy groups -OCH3 is 1. The zero-order valence-corrected chi connectivity index (χ0v) is 13.4. The molecule has 0 radical (unpaired) electrons. The summed E-state index contributed by atoms with van der Waals surface area (Å²) in [6.45, 7) is 4.21. The van der Waals surface area contributed by atoms with E-state index in [2.05, 4.69) is 10.2 Å². The van der Waals surface area contributed by atoms with Crippen molar-refractivity contribution < 1.29 is 9.53 Å². The summed E-state index contributed by atoms with van der Waals surface area (Å²) in [6, 6.07) is 7.52. The Kier molecular flexibility index (Phi) is 6.03. The number of carbonyl (C=O) groups is 1. The maximum Gasteiger partial charge on any atom is 0.234 e. The van der Waals surface area contributed by atoms with E-state index in [1.807, 2.05) is 31.2 Å². The van der Waals surface area contributed by atoms with Crippen LogP contribution in [0.3, 0.4) is 0 Å². The molecule has 0 aromatic heterocycles. The summed E-state index contributed by atoms with van der Waals surface area (Å²) in [7, 11) is 1.75. The van der Waals surface area contributed by atoms with E-state index in [-0.39, 0.29) is 11.9 Å². The molecule has 1 aliphatic heterocycles. The van der Waals surface area contributed by atoms with E-state index in [0.717, 1.165) is 31.5 Å². The molecule has 1 aromatic carbocycles. The molecule has 1 aliphatic rings. The molecule has 1 unspecified atom stereocenters. The number of nitrogens with one attached hydrogen (secondary N) is 1. The highest BCUT2D eigenvalue weighted by molar-refractivity contribution is 6.31. The zero-order chi connectivity index (χ0) is 15.2. The first kappa shape index (κ1) is 16.3. The van der Waals surface area contributed by atoms with Crippen molar-refractivity contribution >= 4 is 17.5 Å². The second-order valence-corrected chi connectivity index (χ2v) is 5.93. The van der Waals surface area contributed by atoms with Crippen molar-refractivity contribution in [3.8, 4) is 0 Å². The van der Waals surface area contributed by atoms with E-state index in [1.165, 1.54) is 0 Å². The number of nitrogens with zero attached hydrogens (tertiary/aromatic N) is 1. The largest absolute Gasteiger partial charge is 0.381 e. The Hall–Kier alpha value is -1.10. The number of ether oxygens (including phenoxy) is 1. The van der Waals surface area contributed by atoms with Gasteiger partial charge < -0.3 is 10.1 Å². The SMILES string of the molecule is COC1CCN(CC(=O)NC(C)c2ccccc2Cl)CC1. The molecule has 5 heteroatoms. The average molecular weight is 311 g/mol. The van der Waals surface area contributed by atoms with Gasteiger partial charge in [-0.2, -0.15) is 0 Å². The number of benzene rings is 1. The Labute approximate surface area is 131 Å². The molecule has 4 nitrogen and oxygen atoms in total. The Balaban J connectivity index is 1.81. The van der Waals surface area contributed by atoms with Crippen molar-refractivity contribution in [3.05, 3.63) is 34.9 Å². The van der Waals surface area contributed by atoms with Gasteiger partial charge in [-0.15, -0.1) is 0 Å². The third-order valence-corrected chi connectivity index (χ3v) is 4.33. The van der Waals surface area contributed by atoms with E-state index in [4.69, 9.17) is 16.3 Å². The molecule has 1 fully saturated rings.